The summed E-state index contributed by atoms with van der Waals surface area (Å²) in [6, 6.07) is 10.9. The molecule has 1 atom stereocenters. The third-order valence-electron chi connectivity index (χ3n) is 3.86. The van der Waals surface area contributed by atoms with Gasteiger partial charge in [0.25, 0.3) is 0 Å². The van der Waals surface area contributed by atoms with Crippen LogP contribution in [0.1, 0.15) is 18.0 Å². The summed E-state index contributed by atoms with van der Waals surface area (Å²) in [6.07, 6.45) is 3.99. The number of halogens is 1. The zero-order chi connectivity index (χ0) is 18.4. The molecule has 0 radical (unpaired) electrons. The van der Waals surface area contributed by atoms with Crippen LogP contribution in [0.2, 0.25) is 5.02 Å². The van der Waals surface area contributed by atoms with Crippen molar-refractivity contribution in [1.82, 2.24) is 14.2 Å². The van der Waals surface area contributed by atoms with E-state index in [-0.39, 0.29) is 30.7 Å². The Kier molecular flexibility index (Phi) is 6.64. The lowest BCUT2D eigenvalue weighted by atomic mass is 10.0. The van der Waals surface area contributed by atoms with Crippen molar-refractivity contribution in [3.05, 3.63) is 59.4 Å². The lowest BCUT2D eigenvalue weighted by Gasteiger charge is -2.19. The molecule has 1 aromatic heterocycles. The van der Waals surface area contributed by atoms with E-state index >= 15 is 0 Å². The molecule has 2 aromatic rings. The van der Waals surface area contributed by atoms with Crippen LogP contribution in [0.15, 0.2) is 48.8 Å². The van der Waals surface area contributed by atoms with E-state index in [2.05, 4.69) is 5.32 Å². The first-order valence-electron chi connectivity index (χ1n) is 7.84. The van der Waals surface area contributed by atoms with Crippen molar-refractivity contribution in [3.63, 3.8) is 0 Å². The lowest BCUT2D eigenvalue weighted by Crippen LogP contribution is -2.34. The quantitative estimate of drug-likeness (QED) is 0.759. The minimum atomic E-state index is -3.32. The fourth-order valence-corrected chi connectivity index (χ4v) is 3.24. The van der Waals surface area contributed by atoms with E-state index in [0.29, 0.717) is 5.02 Å². The van der Waals surface area contributed by atoms with Gasteiger partial charge in [-0.3, -0.25) is 4.79 Å². The Bertz CT molecular complexity index is 787. The highest BCUT2D eigenvalue weighted by molar-refractivity contribution is 7.89. The van der Waals surface area contributed by atoms with Crippen LogP contribution in [0.3, 0.4) is 0 Å². The highest BCUT2D eigenvalue weighted by Gasteiger charge is 2.18. The van der Waals surface area contributed by atoms with E-state index in [1.54, 1.807) is 12.1 Å². The summed E-state index contributed by atoms with van der Waals surface area (Å²) < 4.78 is 26.6. The van der Waals surface area contributed by atoms with Gasteiger partial charge in [0, 0.05) is 38.1 Å². The first kappa shape index (κ1) is 19.5. The Morgan fingerprint density at radius 1 is 1.20 bits per heavy atom. The number of rotatable bonds is 8. The number of hydrogen-bond donors (Lipinski definition) is 1. The number of amides is 1. The Balaban J connectivity index is 2.02. The molecule has 1 amide bonds. The van der Waals surface area contributed by atoms with E-state index in [1.807, 2.05) is 41.2 Å². The van der Waals surface area contributed by atoms with Crippen LogP contribution in [0, 0.1) is 0 Å². The maximum atomic E-state index is 12.3. The second-order valence-electron chi connectivity index (χ2n) is 5.85. The minimum absolute atomic E-state index is 0.0817. The molecule has 0 spiro atoms. The van der Waals surface area contributed by atoms with Crippen molar-refractivity contribution in [1.29, 1.82) is 0 Å². The van der Waals surface area contributed by atoms with Gasteiger partial charge in [0.05, 0.1) is 18.2 Å². The number of benzene rings is 1. The molecule has 1 heterocycles. The fourth-order valence-electron chi connectivity index (χ4n) is 2.39. The number of carbonyl (C=O) groups is 1. The third kappa shape index (κ3) is 5.59. The molecule has 2 rings (SSSR count). The van der Waals surface area contributed by atoms with Gasteiger partial charge in [-0.05, 0) is 29.8 Å². The number of nitrogens with one attached hydrogen (secondary N) is 1. The van der Waals surface area contributed by atoms with Crippen molar-refractivity contribution in [2.45, 2.75) is 12.5 Å². The monoisotopic (exact) mass is 383 g/mol. The Morgan fingerprint density at radius 2 is 1.80 bits per heavy atom. The average Bonchev–Trinajstić information content (AvgIpc) is 3.07. The molecule has 0 saturated carbocycles. The summed E-state index contributed by atoms with van der Waals surface area (Å²) in [6.45, 7) is 0.0817. The molecule has 0 fully saturated rings. The molecule has 136 valence electrons. The number of sulfonamides is 1. The number of nitrogens with zero attached hydrogens (tertiary/aromatic N) is 2. The first-order chi connectivity index (χ1) is 11.8. The molecule has 0 aliphatic heterocycles. The largest absolute Gasteiger partial charge is 0.355 e. The summed E-state index contributed by atoms with van der Waals surface area (Å²) in [7, 11) is -0.380. The predicted molar refractivity (Wildman–Crippen MR) is 99.1 cm³/mol. The maximum Gasteiger partial charge on any atom is 0.222 e. The summed E-state index contributed by atoms with van der Waals surface area (Å²) in [5.74, 6) is -0.330. The van der Waals surface area contributed by atoms with Crippen LogP contribution in [-0.4, -0.2) is 49.6 Å². The zero-order valence-corrected chi connectivity index (χ0v) is 15.8. The molecule has 0 aliphatic rings. The van der Waals surface area contributed by atoms with Gasteiger partial charge in [-0.25, -0.2) is 12.7 Å². The number of carbonyl (C=O) groups excluding carboxylic acids is 1. The summed E-state index contributed by atoms with van der Waals surface area (Å²) in [4.78, 5) is 12.3. The highest BCUT2D eigenvalue weighted by atomic mass is 35.5. The van der Waals surface area contributed by atoms with Crippen molar-refractivity contribution < 1.29 is 13.2 Å². The van der Waals surface area contributed by atoms with Crippen molar-refractivity contribution in [2.24, 2.45) is 0 Å². The maximum absolute atomic E-state index is 12.3. The van der Waals surface area contributed by atoms with Gasteiger partial charge < -0.3 is 9.88 Å². The molecule has 0 unspecified atom stereocenters. The van der Waals surface area contributed by atoms with Gasteiger partial charge in [0.1, 0.15) is 0 Å². The van der Waals surface area contributed by atoms with Crippen LogP contribution in [0.5, 0.6) is 0 Å². The Morgan fingerprint density at radius 3 is 2.36 bits per heavy atom. The molecule has 8 heteroatoms. The smallest absolute Gasteiger partial charge is 0.222 e. The first-order valence-corrected chi connectivity index (χ1v) is 9.83. The lowest BCUT2D eigenvalue weighted by molar-refractivity contribution is -0.121. The summed E-state index contributed by atoms with van der Waals surface area (Å²) in [5, 5.41) is 3.32. The van der Waals surface area contributed by atoms with Crippen LogP contribution in [-0.2, 0) is 14.8 Å². The molecule has 0 saturated heterocycles. The van der Waals surface area contributed by atoms with E-state index in [1.165, 1.54) is 14.1 Å². The predicted octanol–water partition coefficient (Wildman–Crippen LogP) is 2.13. The Hall–Kier alpha value is -1.83. The molecule has 1 N–H and O–H groups in total. The topological polar surface area (TPSA) is 71.4 Å². The molecular formula is C17H22ClN3O3S. The molecule has 1 aromatic carbocycles. The minimum Gasteiger partial charge on any atom is -0.355 e. The number of aromatic nitrogens is 1. The second-order valence-corrected chi connectivity index (χ2v) is 8.59. The Labute approximate surface area is 153 Å². The molecular weight excluding hydrogens is 362 g/mol. The van der Waals surface area contributed by atoms with Crippen molar-refractivity contribution >= 4 is 27.5 Å². The van der Waals surface area contributed by atoms with Gasteiger partial charge >= 0.3 is 0 Å². The van der Waals surface area contributed by atoms with E-state index in [9.17, 15) is 13.2 Å². The molecule has 0 bridgehead atoms. The van der Waals surface area contributed by atoms with Crippen LogP contribution >= 0.6 is 11.6 Å². The summed E-state index contributed by atoms with van der Waals surface area (Å²) in [5.41, 5.74) is 0.955. The fraction of sp³-hybridized carbons (Fsp3) is 0.353. The second kappa shape index (κ2) is 8.51. The molecule has 0 aliphatic carbocycles. The van der Waals surface area contributed by atoms with Crippen LogP contribution in [0.25, 0.3) is 0 Å². The standard InChI is InChI=1S/C17H22ClN3O3S/c1-20(2)25(23,24)12-9-19-17(22)13-16(21-10-3-4-11-21)14-5-7-15(18)8-6-14/h3-8,10-11,16H,9,12-13H2,1-2H3,(H,19,22)/t16-/m0/s1. The average molecular weight is 384 g/mol. The van der Waals surface area contributed by atoms with E-state index < -0.39 is 10.0 Å². The summed E-state index contributed by atoms with van der Waals surface area (Å²) >= 11 is 5.94. The third-order valence-corrected chi connectivity index (χ3v) is 5.94. The van der Waals surface area contributed by atoms with Gasteiger partial charge in [-0.15, -0.1) is 0 Å². The van der Waals surface area contributed by atoms with Crippen molar-refractivity contribution in [2.75, 3.05) is 26.4 Å². The van der Waals surface area contributed by atoms with Crippen molar-refractivity contribution in [3.8, 4) is 0 Å². The normalized spacial score (nSPS) is 13.0. The highest BCUT2D eigenvalue weighted by Crippen LogP contribution is 2.23. The van der Waals surface area contributed by atoms with E-state index in [0.717, 1.165) is 9.87 Å². The zero-order valence-electron chi connectivity index (χ0n) is 14.2. The van der Waals surface area contributed by atoms with E-state index in [4.69, 9.17) is 11.6 Å². The SMILES string of the molecule is CN(C)S(=O)(=O)CCNC(=O)C[C@@H](c1ccc(Cl)cc1)n1cccc1. The van der Waals surface area contributed by atoms with Crippen LogP contribution in [0.4, 0.5) is 0 Å². The molecule has 25 heavy (non-hydrogen) atoms. The van der Waals surface area contributed by atoms with Gasteiger partial charge in [-0.1, -0.05) is 23.7 Å². The molecule has 6 nitrogen and oxygen atoms in total. The van der Waals surface area contributed by atoms with Crippen LogP contribution < -0.4 is 5.32 Å². The van der Waals surface area contributed by atoms with Gasteiger partial charge in [0.2, 0.25) is 15.9 Å². The number of hydrogen-bond acceptors (Lipinski definition) is 3. The van der Waals surface area contributed by atoms with Gasteiger partial charge in [0.15, 0.2) is 0 Å². The van der Waals surface area contributed by atoms with Gasteiger partial charge in [-0.2, -0.15) is 0 Å².